The van der Waals surface area contributed by atoms with E-state index >= 15 is 0 Å². The average molecular weight is 467 g/mol. The maximum absolute atomic E-state index is 13.0. The third-order valence-corrected chi connectivity index (χ3v) is 6.65. The van der Waals surface area contributed by atoms with E-state index in [1.54, 1.807) is 30.7 Å². The van der Waals surface area contributed by atoms with Crippen molar-refractivity contribution < 1.29 is 9.53 Å². The number of hydrogen-bond acceptors (Lipinski definition) is 7. The van der Waals surface area contributed by atoms with E-state index in [0.717, 1.165) is 11.3 Å². The molecule has 1 N–H and O–H groups in total. The molecule has 4 rings (SSSR count). The van der Waals surface area contributed by atoms with Gasteiger partial charge in [-0.15, -0.1) is 11.3 Å². The lowest BCUT2D eigenvalue weighted by atomic mass is 10.2. The van der Waals surface area contributed by atoms with E-state index < -0.39 is 5.25 Å². The Kier molecular flexibility index (Phi) is 6.99. The lowest BCUT2D eigenvalue weighted by molar-refractivity contribution is -0.115. The topological polar surface area (TPSA) is 86.1 Å². The number of aromatic nitrogens is 3. The Labute approximate surface area is 193 Å². The second-order valence-corrected chi connectivity index (χ2v) is 9.18. The number of rotatable bonds is 8. The minimum atomic E-state index is -0.485. The predicted molar refractivity (Wildman–Crippen MR) is 129 cm³/mol. The van der Waals surface area contributed by atoms with Crippen LogP contribution in [0.3, 0.4) is 0 Å². The number of methoxy groups -OCH3 is 1. The van der Waals surface area contributed by atoms with Crippen LogP contribution in [0.25, 0.3) is 22.2 Å². The molecule has 164 valence electrons. The van der Waals surface area contributed by atoms with Crippen LogP contribution in [0.5, 0.6) is 0 Å². The van der Waals surface area contributed by atoms with Gasteiger partial charge in [-0.25, -0.2) is 9.97 Å². The standard InChI is InChI=1S/C23H22N4O3S2/c1-15(20(28)26-22-24-19(14-31-22)16-8-4-3-5-9-16)32-23-25-18-11-7-6-10-17(18)21(29)27(23)12-13-30-2/h3-11,14-15H,12-13H2,1-2H3,(H,24,26,28)/t15-/m1/s1. The van der Waals surface area contributed by atoms with Gasteiger partial charge in [0.25, 0.3) is 5.56 Å². The SMILES string of the molecule is COCCn1c(S[C@H](C)C(=O)Nc2nc(-c3ccccc3)cs2)nc2ccccc2c1=O. The van der Waals surface area contributed by atoms with E-state index in [4.69, 9.17) is 4.74 Å². The highest BCUT2D eigenvalue weighted by Crippen LogP contribution is 2.27. The fourth-order valence-electron chi connectivity index (χ4n) is 3.11. The Bertz CT molecular complexity index is 1290. The van der Waals surface area contributed by atoms with Gasteiger partial charge >= 0.3 is 0 Å². The zero-order valence-electron chi connectivity index (χ0n) is 17.6. The molecule has 1 amide bonds. The molecule has 0 aliphatic carbocycles. The summed E-state index contributed by atoms with van der Waals surface area (Å²) in [6.45, 7) is 2.51. The molecule has 2 heterocycles. The summed E-state index contributed by atoms with van der Waals surface area (Å²) in [7, 11) is 1.58. The maximum Gasteiger partial charge on any atom is 0.262 e. The van der Waals surface area contributed by atoms with Crippen LogP contribution in [0.15, 0.2) is 69.9 Å². The predicted octanol–water partition coefficient (Wildman–Crippen LogP) is 4.29. The highest BCUT2D eigenvalue weighted by molar-refractivity contribution is 8.00. The number of ether oxygens (including phenoxy) is 1. The van der Waals surface area contributed by atoms with Crippen LogP contribution < -0.4 is 10.9 Å². The van der Waals surface area contributed by atoms with Crippen LogP contribution in [0.1, 0.15) is 6.92 Å². The maximum atomic E-state index is 13.0. The monoisotopic (exact) mass is 466 g/mol. The molecule has 2 aromatic heterocycles. The van der Waals surface area contributed by atoms with E-state index in [2.05, 4.69) is 15.3 Å². The minimum Gasteiger partial charge on any atom is -0.383 e. The first-order valence-corrected chi connectivity index (χ1v) is 11.8. The van der Waals surface area contributed by atoms with Gasteiger partial charge in [0.15, 0.2) is 10.3 Å². The van der Waals surface area contributed by atoms with Crippen molar-refractivity contribution in [3.05, 3.63) is 70.3 Å². The third kappa shape index (κ3) is 4.90. The fourth-order valence-corrected chi connectivity index (χ4v) is 4.77. The van der Waals surface area contributed by atoms with Crippen molar-refractivity contribution in [3.8, 4) is 11.3 Å². The Hall–Kier alpha value is -3.01. The highest BCUT2D eigenvalue weighted by Gasteiger charge is 2.20. The van der Waals surface area contributed by atoms with E-state index in [-0.39, 0.29) is 11.5 Å². The van der Waals surface area contributed by atoms with E-state index in [9.17, 15) is 9.59 Å². The lowest BCUT2D eigenvalue weighted by Crippen LogP contribution is -2.28. The number of thioether (sulfide) groups is 1. The molecule has 2 aromatic carbocycles. The van der Waals surface area contributed by atoms with Crippen molar-refractivity contribution in [2.24, 2.45) is 0 Å². The molecule has 0 aliphatic heterocycles. The second-order valence-electron chi connectivity index (χ2n) is 7.01. The van der Waals surface area contributed by atoms with E-state index in [0.29, 0.717) is 34.3 Å². The molecular weight excluding hydrogens is 444 g/mol. The van der Waals surface area contributed by atoms with Crippen LogP contribution in [0.2, 0.25) is 0 Å². The second kappa shape index (κ2) is 10.1. The quantitative estimate of drug-likeness (QED) is 0.308. The first kappa shape index (κ1) is 22.2. The molecular formula is C23H22N4O3S2. The summed E-state index contributed by atoms with van der Waals surface area (Å²) in [6, 6.07) is 17.0. The molecule has 0 aliphatic rings. The number of hydrogen-bond donors (Lipinski definition) is 1. The first-order valence-electron chi connectivity index (χ1n) is 10.0. The number of fused-ring (bicyclic) bond motifs is 1. The summed E-state index contributed by atoms with van der Waals surface area (Å²) in [5, 5.41) is 5.86. The summed E-state index contributed by atoms with van der Waals surface area (Å²) in [4.78, 5) is 35.0. The molecule has 0 spiro atoms. The molecule has 0 saturated heterocycles. The zero-order chi connectivity index (χ0) is 22.5. The molecule has 0 saturated carbocycles. The Morgan fingerprint density at radius 3 is 2.69 bits per heavy atom. The number of benzene rings is 2. The van der Waals surface area contributed by atoms with Gasteiger partial charge in [0.2, 0.25) is 5.91 Å². The normalized spacial score (nSPS) is 12.1. The number of carbonyl (C=O) groups is 1. The Balaban J connectivity index is 1.53. The van der Waals surface area contributed by atoms with Crippen molar-refractivity contribution in [2.75, 3.05) is 19.0 Å². The van der Waals surface area contributed by atoms with Crippen LogP contribution in [0.4, 0.5) is 5.13 Å². The van der Waals surface area contributed by atoms with Gasteiger partial charge in [-0.05, 0) is 19.1 Å². The van der Waals surface area contributed by atoms with Crippen molar-refractivity contribution in [1.82, 2.24) is 14.5 Å². The van der Waals surface area contributed by atoms with E-state index in [1.807, 2.05) is 47.8 Å². The number of carbonyl (C=O) groups excluding carboxylic acids is 1. The molecule has 0 radical (unpaired) electrons. The lowest BCUT2D eigenvalue weighted by Gasteiger charge is -2.15. The fraction of sp³-hybridized carbons (Fsp3) is 0.217. The number of nitrogens with one attached hydrogen (secondary N) is 1. The van der Waals surface area contributed by atoms with Crippen molar-refractivity contribution >= 4 is 45.0 Å². The first-order chi connectivity index (χ1) is 15.6. The summed E-state index contributed by atoms with van der Waals surface area (Å²) in [5.74, 6) is -0.204. The largest absolute Gasteiger partial charge is 0.383 e. The number of thiazole rings is 1. The smallest absolute Gasteiger partial charge is 0.262 e. The van der Waals surface area contributed by atoms with E-state index in [1.165, 1.54) is 23.1 Å². The molecule has 32 heavy (non-hydrogen) atoms. The van der Waals surface area contributed by atoms with Crippen LogP contribution in [-0.4, -0.2) is 39.4 Å². The van der Waals surface area contributed by atoms with Gasteiger partial charge in [0, 0.05) is 18.1 Å². The summed E-state index contributed by atoms with van der Waals surface area (Å²) < 4.78 is 6.72. The number of anilines is 1. The van der Waals surface area contributed by atoms with Gasteiger partial charge in [-0.2, -0.15) is 0 Å². The Morgan fingerprint density at radius 2 is 1.91 bits per heavy atom. The molecule has 9 heteroatoms. The highest BCUT2D eigenvalue weighted by atomic mass is 32.2. The molecule has 0 fully saturated rings. The molecule has 1 atom stereocenters. The Morgan fingerprint density at radius 1 is 1.16 bits per heavy atom. The third-order valence-electron chi connectivity index (χ3n) is 4.80. The molecule has 0 unspecified atom stereocenters. The van der Waals surface area contributed by atoms with Crippen molar-refractivity contribution in [1.29, 1.82) is 0 Å². The van der Waals surface area contributed by atoms with Gasteiger partial charge in [-0.3, -0.25) is 14.2 Å². The number of para-hydroxylation sites is 1. The van der Waals surface area contributed by atoms with Gasteiger partial charge in [0.05, 0.1) is 35.0 Å². The number of amides is 1. The molecule has 4 aromatic rings. The van der Waals surface area contributed by atoms with Crippen molar-refractivity contribution in [2.45, 2.75) is 23.9 Å². The minimum absolute atomic E-state index is 0.143. The molecule has 7 nitrogen and oxygen atoms in total. The average Bonchev–Trinajstić information content (AvgIpc) is 3.28. The van der Waals surface area contributed by atoms with Gasteiger partial charge in [0.1, 0.15) is 0 Å². The zero-order valence-corrected chi connectivity index (χ0v) is 19.3. The van der Waals surface area contributed by atoms with Crippen LogP contribution >= 0.6 is 23.1 Å². The molecule has 0 bridgehead atoms. The van der Waals surface area contributed by atoms with Crippen LogP contribution in [-0.2, 0) is 16.1 Å². The van der Waals surface area contributed by atoms with Crippen molar-refractivity contribution in [3.63, 3.8) is 0 Å². The van der Waals surface area contributed by atoms with Crippen LogP contribution in [0, 0.1) is 0 Å². The van der Waals surface area contributed by atoms with Gasteiger partial charge in [-0.1, -0.05) is 54.2 Å². The summed E-state index contributed by atoms with van der Waals surface area (Å²) >= 11 is 2.62. The van der Waals surface area contributed by atoms with Gasteiger partial charge < -0.3 is 10.1 Å². The summed E-state index contributed by atoms with van der Waals surface area (Å²) in [6.07, 6.45) is 0. The summed E-state index contributed by atoms with van der Waals surface area (Å²) in [5.41, 5.74) is 2.27. The number of nitrogens with zero attached hydrogens (tertiary/aromatic N) is 3.